The molecule has 1 aliphatic rings. The van der Waals surface area contributed by atoms with Crippen LogP contribution in [0.15, 0.2) is 53.1 Å². The molecule has 1 saturated heterocycles. The van der Waals surface area contributed by atoms with Crippen LogP contribution in [0.4, 0.5) is 0 Å². The van der Waals surface area contributed by atoms with Gasteiger partial charge in [-0.3, -0.25) is 4.79 Å². The summed E-state index contributed by atoms with van der Waals surface area (Å²) in [5, 5.41) is 4.18. The fraction of sp³-hybridized carbons (Fsp3) is 0.318. The Bertz CT molecular complexity index is 921. The van der Waals surface area contributed by atoms with Crippen LogP contribution in [-0.2, 0) is 0 Å². The quantitative estimate of drug-likeness (QED) is 0.695. The van der Waals surface area contributed by atoms with Crippen molar-refractivity contribution in [1.82, 2.24) is 15.0 Å². The van der Waals surface area contributed by atoms with Crippen molar-refractivity contribution in [3.63, 3.8) is 0 Å². The lowest BCUT2D eigenvalue weighted by Crippen LogP contribution is -2.38. The van der Waals surface area contributed by atoms with Gasteiger partial charge in [-0.15, -0.1) is 0 Å². The SMILES string of the molecule is Cc1cc(C)cc(C(=O)N2CCC(c3noc(-c4ccccc4)n3)CC2)c1. The molecule has 5 nitrogen and oxygen atoms in total. The van der Waals surface area contributed by atoms with Gasteiger partial charge in [-0.1, -0.05) is 40.5 Å². The Balaban J connectivity index is 1.42. The van der Waals surface area contributed by atoms with Gasteiger partial charge in [-0.05, 0) is 51.0 Å². The molecule has 1 amide bonds. The fourth-order valence-electron chi connectivity index (χ4n) is 3.72. The summed E-state index contributed by atoms with van der Waals surface area (Å²) in [5.74, 6) is 1.64. The number of carbonyl (C=O) groups excluding carboxylic acids is 1. The summed E-state index contributed by atoms with van der Waals surface area (Å²) in [4.78, 5) is 19.3. The molecule has 0 N–H and O–H groups in total. The lowest BCUT2D eigenvalue weighted by molar-refractivity contribution is 0.0710. The number of amides is 1. The van der Waals surface area contributed by atoms with Crippen LogP contribution in [0.3, 0.4) is 0 Å². The van der Waals surface area contributed by atoms with Gasteiger partial charge in [0.15, 0.2) is 5.82 Å². The Morgan fingerprint density at radius 2 is 1.70 bits per heavy atom. The maximum atomic E-state index is 12.8. The van der Waals surface area contributed by atoms with Gasteiger partial charge < -0.3 is 9.42 Å². The molecule has 5 heteroatoms. The van der Waals surface area contributed by atoms with Gasteiger partial charge in [-0.25, -0.2) is 0 Å². The van der Waals surface area contributed by atoms with Crippen LogP contribution in [0.1, 0.15) is 46.1 Å². The number of hydrogen-bond acceptors (Lipinski definition) is 4. The van der Waals surface area contributed by atoms with Crippen molar-refractivity contribution >= 4 is 5.91 Å². The van der Waals surface area contributed by atoms with E-state index in [2.05, 4.69) is 16.2 Å². The van der Waals surface area contributed by atoms with Crippen LogP contribution in [0.25, 0.3) is 11.5 Å². The topological polar surface area (TPSA) is 59.2 Å². The highest BCUT2D eigenvalue weighted by Crippen LogP contribution is 2.28. The number of hydrogen-bond donors (Lipinski definition) is 0. The van der Waals surface area contributed by atoms with Crippen molar-refractivity contribution in [1.29, 1.82) is 0 Å². The van der Waals surface area contributed by atoms with Crippen LogP contribution in [0.5, 0.6) is 0 Å². The summed E-state index contributed by atoms with van der Waals surface area (Å²) >= 11 is 0. The summed E-state index contributed by atoms with van der Waals surface area (Å²) in [6, 6.07) is 15.8. The first-order chi connectivity index (χ1) is 13.1. The predicted molar refractivity (Wildman–Crippen MR) is 104 cm³/mol. The van der Waals surface area contributed by atoms with Gasteiger partial charge in [0.05, 0.1) is 0 Å². The van der Waals surface area contributed by atoms with E-state index >= 15 is 0 Å². The second-order valence-electron chi connectivity index (χ2n) is 7.27. The molecule has 0 atom stereocenters. The van der Waals surface area contributed by atoms with Crippen LogP contribution < -0.4 is 0 Å². The van der Waals surface area contributed by atoms with Crippen LogP contribution in [-0.4, -0.2) is 34.0 Å². The van der Waals surface area contributed by atoms with E-state index in [9.17, 15) is 4.79 Å². The second-order valence-corrected chi connectivity index (χ2v) is 7.27. The third-order valence-electron chi connectivity index (χ3n) is 5.08. The molecule has 0 aliphatic carbocycles. The third-order valence-corrected chi connectivity index (χ3v) is 5.08. The third kappa shape index (κ3) is 3.77. The second kappa shape index (κ2) is 7.35. The summed E-state index contributed by atoms with van der Waals surface area (Å²) in [6.07, 6.45) is 1.70. The maximum absolute atomic E-state index is 12.8. The highest BCUT2D eigenvalue weighted by atomic mass is 16.5. The molecule has 2 aromatic carbocycles. The zero-order valence-electron chi connectivity index (χ0n) is 15.7. The Morgan fingerprint density at radius 3 is 2.37 bits per heavy atom. The van der Waals surface area contributed by atoms with Crippen molar-refractivity contribution in [2.75, 3.05) is 13.1 Å². The minimum absolute atomic E-state index is 0.110. The van der Waals surface area contributed by atoms with Gasteiger partial charge in [-0.2, -0.15) is 4.98 Å². The maximum Gasteiger partial charge on any atom is 0.257 e. The summed E-state index contributed by atoms with van der Waals surface area (Å²) in [5.41, 5.74) is 3.94. The highest BCUT2D eigenvalue weighted by molar-refractivity contribution is 5.94. The Morgan fingerprint density at radius 1 is 1.04 bits per heavy atom. The number of likely N-dealkylation sites (tertiary alicyclic amines) is 1. The molecule has 2 heterocycles. The molecule has 0 saturated carbocycles. The normalized spacial score (nSPS) is 15.1. The van der Waals surface area contributed by atoms with E-state index < -0.39 is 0 Å². The van der Waals surface area contributed by atoms with Crippen molar-refractivity contribution < 1.29 is 9.32 Å². The number of benzene rings is 2. The molecule has 4 rings (SSSR count). The summed E-state index contributed by atoms with van der Waals surface area (Å²) in [6.45, 7) is 5.48. The predicted octanol–water partition coefficient (Wildman–Crippen LogP) is 4.37. The number of nitrogens with zero attached hydrogens (tertiary/aromatic N) is 3. The fourth-order valence-corrected chi connectivity index (χ4v) is 3.72. The molecule has 1 aliphatic heterocycles. The highest BCUT2D eigenvalue weighted by Gasteiger charge is 2.27. The van der Waals surface area contributed by atoms with Gasteiger partial charge in [0.1, 0.15) is 0 Å². The molecule has 0 spiro atoms. The molecule has 3 aromatic rings. The number of piperidine rings is 1. The first kappa shape index (κ1) is 17.5. The van der Waals surface area contributed by atoms with Crippen LogP contribution >= 0.6 is 0 Å². The van der Waals surface area contributed by atoms with Crippen molar-refractivity contribution in [3.05, 3.63) is 71.0 Å². The van der Waals surface area contributed by atoms with E-state index in [1.165, 1.54) is 0 Å². The lowest BCUT2D eigenvalue weighted by atomic mass is 9.95. The Labute approximate surface area is 159 Å². The molecular formula is C22H23N3O2. The molecule has 27 heavy (non-hydrogen) atoms. The minimum Gasteiger partial charge on any atom is -0.339 e. The summed E-state index contributed by atoms with van der Waals surface area (Å²) in [7, 11) is 0. The lowest BCUT2D eigenvalue weighted by Gasteiger charge is -2.30. The average molecular weight is 361 g/mol. The van der Waals surface area contributed by atoms with Crippen molar-refractivity contribution in [2.24, 2.45) is 0 Å². The molecule has 0 bridgehead atoms. The monoisotopic (exact) mass is 361 g/mol. The molecule has 1 fully saturated rings. The van der Waals surface area contributed by atoms with E-state index in [1.807, 2.05) is 61.2 Å². The number of aryl methyl sites for hydroxylation is 2. The summed E-state index contributed by atoms with van der Waals surface area (Å²) < 4.78 is 5.43. The Hall–Kier alpha value is -2.95. The molecule has 138 valence electrons. The van der Waals surface area contributed by atoms with Gasteiger partial charge in [0.25, 0.3) is 11.8 Å². The van der Waals surface area contributed by atoms with Crippen molar-refractivity contribution in [2.45, 2.75) is 32.6 Å². The number of rotatable bonds is 3. The first-order valence-electron chi connectivity index (χ1n) is 9.37. The number of carbonyl (C=O) groups is 1. The van der Waals surface area contributed by atoms with Crippen LogP contribution in [0, 0.1) is 13.8 Å². The van der Waals surface area contributed by atoms with Gasteiger partial charge >= 0.3 is 0 Å². The van der Waals surface area contributed by atoms with Crippen LogP contribution in [0.2, 0.25) is 0 Å². The Kier molecular flexibility index (Phi) is 4.75. The zero-order valence-corrected chi connectivity index (χ0v) is 15.7. The van der Waals surface area contributed by atoms with E-state index in [0.717, 1.165) is 40.9 Å². The number of aromatic nitrogens is 2. The minimum atomic E-state index is 0.110. The van der Waals surface area contributed by atoms with E-state index in [0.29, 0.717) is 19.0 Å². The standard InChI is InChI=1S/C22H23N3O2/c1-15-12-16(2)14-19(13-15)22(26)25-10-8-17(9-11-25)20-23-21(27-24-20)18-6-4-3-5-7-18/h3-7,12-14,17H,8-11H2,1-2H3. The van der Waals surface area contributed by atoms with Gasteiger partial charge in [0.2, 0.25) is 0 Å². The smallest absolute Gasteiger partial charge is 0.257 e. The van der Waals surface area contributed by atoms with E-state index in [1.54, 1.807) is 0 Å². The first-order valence-corrected chi connectivity index (χ1v) is 9.37. The van der Waals surface area contributed by atoms with Gasteiger partial charge in [0, 0.05) is 30.1 Å². The van der Waals surface area contributed by atoms with Crippen molar-refractivity contribution in [3.8, 4) is 11.5 Å². The molecule has 0 radical (unpaired) electrons. The van der Waals surface area contributed by atoms with E-state index in [4.69, 9.17) is 4.52 Å². The average Bonchev–Trinajstić information content (AvgIpc) is 3.18. The zero-order chi connectivity index (χ0) is 18.8. The molecule has 1 aromatic heterocycles. The molecule has 0 unspecified atom stereocenters. The largest absolute Gasteiger partial charge is 0.339 e. The molecular weight excluding hydrogens is 338 g/mol. The van der Waals surface area contributed by atoms with E-state index in [-0.39, 0.29) is 11.8 Å².